The largest absolute Gasteiger partial charge is 0.352 e. The monoisotopic (exact) mass is 480 g/mol. The number of carbonyl (C=O) groups excluding carboxylic acids is 2. The van der Waals surface area contributed by atoms with Crippen molar-refractivity contribution >= 4 is 23.4 Å². The molecule has 1 unspecified atom stereocenters. The van der Waals surface area contributed by atoms with Crippen molar-refractivity contribution < 1.29 is 14.0 Å². The van der Waals surface area contributed by atoms with Gasteiger partial charge >= 0.3 is 0 Å². The van der Waals surface area contributed by atoms with Crippen LogP contribution in [0.25, 0.3) is 0 Å². The summed E-state index contributed by atoms with van der Waals surface area (Å²) in [4.78, 5) is 28.3. The van der Waals surface area contributed by atoms with E-state index in [1.54, 1.807) is 24.3 Å². The summed E-state index contributed by atoms with van der Waals surface area (Å²) in [5.41, 5.74) is 2.14. The zero-order valence-corrected chi connectivity index (χ0v) is 20.3. The molecule has 0 bridgehead atoms. The second kappa shape index (κ2) is 12.3. The van der Waals surface area contributed by atoms with E-state index in [9.17, 15) is 14.0 Å². The van der Waals surface area contributed by atoms with Crippen LogP contribution < -0.4 is 5.32 Å². The third-order valence-corrected chi connectivity index (χ3v) is 5.94. The average Bonchev–Trinajstić information content (AvgIpc) is 2.82. The molecule has 0 aliphatic carbocycles. The fourth-order valence-corrected chi connectivity index (χ4v) is 4.06. The Kier molecular flexibility index (Phi) is 9.23. The Labute approximate surface area is 205 Å². The van der Waals surface area contributed by atoms with E-state index in [0.717, 1.165) is 11.1 Å². The van der Waals surface area contributed by atoms with Gasteiger partial charge in [-0.05, 0) is 43.5 Å². The molecular weight excluding hydrogens is 451 g/mol. The van der Waals surface area contributed by atoms with Gasteiger partial charge in [0.05, 0.1) is 0 Å². The maximum Gasteiger partial charge on any atom is 0.243 e. The molecule has 0 spiro atoms. The van der Waals surface area contributed by atoms with Gasteiger partial charge in [0.15, 0.2) is 0 Å². The van der Waals surface area contributed by atoms with Gasteiger partial charge in [-0.2, -0.15) is 0 Å². The van der Waals surface area contributed by atoms with Gasteiger partial charge in [0, 0.05) is 36.0 Å². The minimum atomic E-state index is -0.789. The first-order valence-electron chi connectivity index (χ1n) is 11.5. The molecule has 3 aromatic carbocycles. The number of nitrogens with one attached hydrogen (secondary N) is 1. The number of nitrogens with zero attached hydrogens (tertiary/aromatic N) is 1. The van der Waals surface area contributed by atoms with Crippen LogP contribution in [-0.4, -0.2) is 28.8 Å². The molecule has 0 fully saturated rings. The predicted octanol–water partition coefficient (Wildman–Crippen LogP) is 5.58. The quantitative estimate of drug-likeness (QED) is 0.412. The molecule has 4 nitrogen and oxygen atoms in total. The van der Waals surface area contributed by atoms with Crippen LogP contribution in [0.5, 0.6) is 0 Å². The first kappa shape index (κ1) is 25.4. The summed E-state index contributed by atoms with van der Waals surface area (Å²) in [7, 11) is 0. The Morgan fingerprint density at radius 1 is 0.912 bits per heavy atom. The SMILES string of the molecule is CC(C)NC(=O)C(Cc1ccccc1)N(Cc1ccccc1F)C(=O)CCc1ccccc1Cl. The Morgan fingerprint density at radius 2 is 1.53 bits per heavy atom. The van der Waals surface area contributed by atoms with Crippen LogP contribution in [0.4, 0.5) is 4.39 Å². The normalized spacial score (nSPS) is 11.8. The molecule has 0 heterocycles. The van der Waals surface area contributed by atoms with Crippen molar-refractivity contribution in [3.8, 4) is 0 Å². The molecule has 2 amide bonds. The lowest BCUT2D eigenvalue weighted by Gasteiger charge is -2.32. The second-order valence-corrected chi connectivity index (χ2v) is 8.98. The van der Waals surface area contributed by atoms with Gasteiger partial charge in [-0.1, -0.05) is 78.3 Å². The molecule has 34 heavy (non-hydrogen) atoms. The summed E-state index contributed by atoms with van der Waals surface area (Å²) in [6, 6.07) is 22.4. The van der Waals surface area contributed by atoms with Crippen molar-refractivity contribution in [2.45, 2.75) is 51.7 Å². The van der Waals surface area contributed by atoms with Crippen molar-refractivity contribution in [1.82, 2.24) is 10.2 Å². The van der Waals surface area contributed by atoms with E-state index in [2.05, 4.69) is 5.32 Å². The topological polar surface area (TPSA) is 49.4 Å². The van der Waals surface area contributed by atoms with Crippen molar-refractivity contribution in [2.24, 2.45) is 0 Å². The highest BCUT2D eigenvalue weighted by Gasteiger charge is 2.31. The third-order valence-electron chi connectivity index (χ3n) is 5.57. The highest BCUT2D eigenvalue weighted by molar-refractivity contribution is 6.31. The van der Waals surface area contributed by atoms with Crippen molar-refractivity contribution in [2.75, 3.05) is 0 Å². The minimum absolute atomic E-state index is 0.00293. The summed E-state index contributed by atoms with van der Waals surface area (Å²) >= 11 is 6.28. The Hall–Kier alpha value is -3.18. The van der Waals surface area contributed by atoms with Crippen LogP contribution >= 0.6 is 11.6 Å². The number of rotatable bonds is 10. The minimum Gasteiger partial charge on any atom is -0.352 e. The molecule has 0 saturated carbocycles. The maximum absolute atomic E-state index is 14.6. The molecule has 0 aliphatic heterocycles. The first-order valence-corrected chi connectivity index (χ1v) is 11.8. The Balaban J connectivity index is 1.93. The van der Waals surface area contributed by atoms with Crippen LogP contribution in [0, 0.1) is 5.82 Å². The van der Waals surface area contributed by atoms with E-state index in [-0.39, 0.29) is 30.8 Å². The van der Waals surface area contributed by atoms with Gasteiger partial charge in [-0.3, -0.25) is 9.59 Å². The van der Waals surface area contributed by atoms with Gasteiger partial charge < -0.3 is 10.2 Å². The van der Waals surface area contributed by atoms with E-state index >= 15 is 0 Å². The van der Waals surface area contributed by atoms with Crippen LogP contribution in [-0.2, 0) is 29.0 Å². The number of hydrogen-bond acceptors (Lipinski definition) is 2. The van der Waals surface area contributed by atoms with E-state index in [1.807, 2.05) is 62.4 Å². The van der Waals surface area contributed by atoms with E-state index in [0.29, 0.717) is 23.4 Å². The molecule has 3 aromatic rings. The zero-order chi connectivity index (χ0) is 24.5. The third kappa shape index (κ3) is 7.16. The lowest BCUT2D eigenvalue weighted by Crippen LogP contribution is -2.52. The van der Waals surface area contributed by atoms with Crippen LogP contribution in [0.1, 0.15) is 37.0 Å². The van der Waals surface area contributed by atoms with E-state index < -0.39 is 11.9 Å². The first-order chi connectivity index (χ1) is 16.3. The second-order valence-electron chi connectivity index (χ2n) is 8.57. The fraction of sp³-hybridized carbons (Fsp3) is 0.286. The van der Waals surface area contributed by atoms with Gasteiger partial charge in [-0.25, -0.2) is 4.39 Å². The number of benzene rings is 3. The number of aryl methyl sites for hydroxylation is 1. The molecule has 0 aromatic heterocycles. The van der Waals surface area contributed by atoms with E-state index in [4.69, 9.17) is 11.6 Å². The summed E-state index contributed by atoms with van der Waals surface area (Å²) in [6.45, 7) is 3.74. The number of hydrogen-bond donors (Lipinski definition) is 1. The average molecular weight is 481 g/mol. The number of halogens is 2. The van der Waals surface area contributed by atoms with Crippen molar-refractivity contribution in [3.05, 3.63) is 106 Å². The van der Waals surface area contributed by atoms with Gasteiger partial charge in [0.2, 0.25) is 11.8 Å². The van der Waals surface area contributed by atoms with Crippen molar-refractivity contribution in [3.63, 3.8) is 0 Å². The molecule has 3 rings (SSSR count). The summed E-state index contributed by atoms with van der Waals surface area (Å²) in [5, 5.41) is 3.53. The Morgan fingerprint density at radius 3 is 2.18 bits per heavy atom. The lowest BCUT2D eigenvalue weighted by atomic mass is 10.0. The molecular formula is C28H30ClFN2O2. The van der Waals surface area contributed by atoms with Crippen molar-refractivity contribution in [1.29, 1.82) is 0 Å². The molecule has 1 atom stereocenters. The molecule has 0 saturated heterocycles. The summed E-state index contributed by atoms with van der Waals surface area (Å²) < 4.78 is 14.6. The Bertz CT molecular complexity index is 1100. The highest BCUT2D eigenvalue weighted by atomic mass is 35.5. The molecule has 1 N–H and O–H groups in total. The van der Waals surface area contributed by atoms with Crippen LogP contribution in [0.2, 0.25) is 5.02 Å². The van der Waals surface area contributed by atoms with Crippen LogP contribution in [0.15, 0.2) is 78.9 Å². The van der Waals surface area contributed by atoms with Crippen LogP contribution in [0.3, 0.4) is 0 Å². The smallest absolute Gasteiger partial charge is 0.243 e. The molecule has 0 aliphatic rings. The number of amides is 2. The predicted molar refractivity (Wildman–Crippen MR) is 134 cm³/mol. The fourth-order valence-electron chi connectivity index (χ4n) is 3.83. The molecule has 178 valence electrons. The lowest BCUT2D eigenvalue weighted by molar-refractivity contribution is -0.141. The summed E-state index contributed by atoms with van der Waals surface area (Å²) in [6.07, 6.45) is 0.903. The maximum atomic E-state index is 14.6. The molecule has 6 heteroatoms. The van der Waals surface area contributed by atoms with Gasteiger partial charge in [-0.15, -0.1) is 0 Å². The summed E-state index contributed by atoms with van der Waals surface area (Å²) in [5.74, 6) is -0.904. The highest BCUT2D eigenvalue weighted by Crippen LogP contribution is 2.21. The van der Waals surface area contributed by atoms with E-state index in [1.165, 1.54) is 11.0 Å². The van der Waals surface area contributed by atoms with Gasteiger partial charge in [0.25, 0.3) is 0 Å². The van der Waals surface area contributed by atoms with Gasteiger partial charge in [0.1, 0.15) is 11.9 Å². The molecule has 0 radical (unpaired) electrons. The number of carbonyl (C=O) groups is 2. The standard InChI is InChI=1S/C28H30ClFN2O2/c1-20(2)31-28(34)26(18-21-10-4-3-5-11-21)32(19-23-13-7-9-15-25(23)30)27(33)17-16-22-12-6-8-14-24(22)29/h3-15,20,26H,16-19H2,1-2H3,(H,31,34). The zero-order valence-electron chi connectivity index (χ0n) is 19.5.